The van der Waals surface area contributed by atoms with Gasteiger partial charge in [0.1, 0.15) is 10.8 Å². The second kappa shape index (κ2) is 6.40. The third kappa shape index (κ3) is 3.38. The monoisotopic (exact) mass is 354 g/mol. The van der Waals surface area contributed by atoms with Crippen molar-refractivity contribution in [1.29, 1.82) is 0 Å². The summed E-state index contributed by atoms with van der Waals surface area (Å²) in [7, 11) is 0. The van der Waals surface area contributed by atoms with Crippen LogP contribution >= 0.6 is 11.3 Å². The van der Waals surface area contributed by atoms with Crippen molar-refractivity contribution in [3.05, 3.63) is 65.1 Å². The average Bonchev–Trinajstić information content (AvgIpc) is 3.28. The number of ether oxygens (including phenoxy) is 1. The van der Waals surface area contributed by atoms with Gasteiger partial charge in [0.05, 0.1) is 18.4 Å². The lowest BCUT2D eigenvalue weighted by molar-refractivity contribution is 0.0917. The minimum Gasteiger partial charge on any atom is -0.426 e. The smallest absolute Gasteiger partial charge is 0.290 e. The fourth-order valence-corrected chi connectivity index (χ4v) is 3.03. The first kappa shape index (κ1) is 15.4. The van der Waals surface area contributed by atoms with E-state index in [4.69, 9.17) is 9.15 Å². The van der Waals surface area contributed by atoms with Crippen LogP contribution < -0.4 is 10.1 Å². The molecule has 4 aromatic rings. The molecular weight excluding hydrogens is 340 g/mol. The maximum Gasteiger partial charge on any atom is 0.290 e. The molecule has 0 aliphatic rings. The fraction of sp³-hybridized carbons (Fsp3) is 0.118. The van der Waals surface area contributed by atoms with Crippen LogP contribution in [0.3, 0.4) is 0 Å². The third-order valence-electron chi connectivity index (χ3n) is 3.39. The second-order valence-electron chi connectivity index (χ2n) is 5.30. The highest BCUT2D eigenvalue weighted by Gasteiger charge is 2.13. The normalized spacial score (nSPS) is 10.9. The summed E-state index contributed by atoms with van der Waals surface area (Å²) in [6.07, 6.45) is 1.80. The van der Waals surface area contributed by atoms with Crippen molar-refractivity contribution in [2.45, 2.75) is 13.5 Å². The predicted octanol–water partition coefficient (Wildman–Crippen LogP) is 3.41. The van der Waals surface area contributed by atoms with Crippen LogP contribution in [-0.4, -0.2) is 20.5 Å². The SMILES string of the molecule is Cc1nn2cc(CNC(=O)c3ccc(Oc4ccccc4)o3)nc2s1. The summed E-state index contributed by atoms with van der Waals surface area (Å²) in [6.45, 7) is 2.22. The predicted molar refractivity (Wildman–Crippen MR) is 92.0 cm³/mol. The van der Waals surface area contributed by atoms with E-state index in [0.29, 0.717) is 12.3 Å². The molecule has 0 atom stereocenters. The summed E-state index contributed by atoms with van der Waals surface area (Å²) in [4.78, 5) is 17.4. The van der Waals surface area contributed by atoms with Gasteiger partial charge in [0.2, 0.25) is 4.96 Å². The molecule has 0 saturated heterocycles. The van der Waals surface area contributed by atoms with Crippen molar-refractivity contribution in [1.82, 2.24) is 19.9 Å². The Kier molecular flexibility index (Phi) is 3.95. The molecule has 0 fully saturated rings. The first-order chi connectivity index (χ1) is 12.2. The van der Waals surface area contributed by atoms with Gasteiger partial charge in [-0.05, 0) is 25.1 Å². The molecule has 1 amide bonds. The van der Waals surface area contributed by atoms with Gasteiger partial charge in [0, 0.05) is 6.07 Å². The number of amides is 1. The number of aromatic nitrogens is 3. The zero-order valence-electron chi connectivity index (χ0n) is 13.3. The Balaban J connectivity index is 1.38. The molecule has 25 heavy (non-hydrogen) atoms. The van der Waals surface area contributed by atoms with Crippen LogP contribution in [0.2, 0.25) is 0 Å². The molecule has 126 valence electrons. The van der Waals surface area contributed by atoms with Crippen molar-refractivity contribution < 1.29 is 13.9 Å². The van der Waals surface area contributed by atoms with Crippen LogP contribution in [0, 0.1) is 6.92 Å². The molecule has 1 aromatic carbocycles. The molecule has 0 spiro atoms. The highest BCUT2D eigenvalue weighted by atomic mass is 32.1. The van der Waals surface area contributed by atoms with Gasteiger partial charge < -0.3 is 14.5 Å². The maximum atomic E-state index is 12.2. The van der Waals surface area contributed by atoms with Crippen LogP contribution in [0.1, 0.15) is 21.3 Å². The summed E-state index contributed by atoms with van der Waals surface area (Å²) in [5.41, 5.74) is 0.736. The zero-order valence-corrected chi connectivity index (χ0v) is 14.1. The number of hydrogen-bond donors (Lipinski definition) is 1. The number of aryl methyl sites for hydroxylation is 1. The molecular formula is C17H14N4O3S. The van der Waals surface area contributed by atoms with Crippen molar-refractivity contribution in [2.75, 3.05) is 0 Å². The first-order valence-corrected chi connectivity index (χ1v) is 8.42. The van der Waals surface area contributed by atoms with Crippen LogP contribution in [0.5, 0.6) is 11.7 Å². The van der Waals surface area contributed by atoms with Crippen molar-refractivity contribution in [3.63, 3.8) is 0 Å². The number of benzene rings is 1. The lowest BCUT2D eigenvalue weighted by atomic mass is 10.3. The van der Waals surface area contributed by atoms with Crippen LogP contribution in [0.25, 0.3) is 4.96 Å². The number of nitrogens with zero attached hydrogens (tertiary/aromatic N) is 3. The van der Waals surface area contributed by atoms with Crippen molar-refractivity contribution >= 4 is 22.2 Å². The van der Waals surface area contributed by atoms with Crippen LogP contribution in [0.15, 0.2) is 53.1 Å². The molecule has 0 aliphatic heterocycles. The summed E-state index contributed by atoms with van der Waals surface area (Å²) in [6, 6.07) is 12.4. The van der Waals surface area contributed by atoms with Crippen molar-refractivity contribution in [3.8, 4) is 11.7 Å². The molecule has 1 N–H and O–H groups in total. The van der Waals surface area contributed by atoms with E-state index in [1.54, 1.807) is 22.8 Å². The minimum absolute atomic E-state index is 0.181. The van der Waals surface area contributed by atoms with Gasteiger partial charge in [0.15, 0.2) is 5.76 Å². The molecule has 3 heterocycles. The maximum absolute atomic E-state index is 12.2. The Bertz CT molecular complexity index is 988. The number of carbonyl (C=O) groups excluding carboxylic acids is 1. The van der Waals surface area contributed by atoms with E-state index in [1.807, 2.05) is 37.3 Å². The number of hydrogen-bond acceptors (Lipinski definition) is 6. The number of carbonyl (C=O) groups is 1. The van der Waals surface area contributed by atoms with E-state index < -0.39 is 0 Å². The molecule has 4 rings (SSSR count). The Morgan fingerprint density at radius 3 is 2.92 bits per heavy atom. The number of para-hydroxylation sites is 1. The summed E-state index contributed by atoms with van der Waals surface area (Å²) >= 11 is 1.50. The van der Waals surface area contributed by atoms with Gasteiger partial charge in [-0.25, -0.2) is 9.50 Å². The third-order valence-corrected chi connectivity index (χ3v) is 4.23. The summed E-state index contributed by atoms with van der Waals surface area (Å²) in [5, 5.41) is 8.00. The zero-order chi connectivity index (χ0) is 17.2. The molecule has 0 aliphatic carbocycles. The molecule has 0 saturated carbocycles. The highest BCUT2D eigenvalue weighted by Crippen LogP contribution is 2.23. The van der Waals surface area contributed by atoms with E-state index in [1.165, 1.54) is 11.3 Å². The van der Waals surface area contributed by atoms with Gasteiger partial charge in [0.25, 0.3) is 11.9 Å². The summed E-state index contributed by atoms with van der Waals surface area (Å²) in [5.74, 6) is 0.757. The Morgan fingerprint density at radius 1 is 1.28 bits per heavy atom. The van der Waals surface area contributed by atoms with Gasteiger partial charge in [-0.1, -0.05) is 29.5 Å². The lowest BCUT2D eigenvalue weighted by Gasteiger charge is -2.02. The topological polar surface area (TPSA) is 81.7 Å². The number of furan rings is 1. The molecule has 0 unspecified atom stereocenters. The number of rotatable bonds is 5. The lowest BCUT2D eigenvalue weighted by Crippen LogP contribution is -2.22. The standard InChI is InChI=1S/C17H14N4O3S/c1-11-20-21-10-12(19-17(21)25-11)9-18-16(22)14-7-8-15(24-14)23-13-5-3-2-4-6-13/h2-8,10H,9H2,1H3,(H,18,22). The highest BCUT2D eigenvalue weighted by molar-refractivity contribution is 7.16. The number of imidazole rings is 1. The molecule has 7 nitrogen and oxygen atoms in total. The van der Waals surface area contributed by atoms with E-state index in [0.717, 1.165) is 15.7 Å². The van der Waals surface area contributed by atoms with E-state index >= 15 is 0 Å². The number of nitrogens with one attached hydrogen (secondary N) is 1. The Morgan fingerprint density at radius 2 is 2.12 bits per heavy atom. The van der Waals surface area contributed by atoms with Gasteiger partial charge in [-0.15, -0.1) is 0 Å². The Hall–Kier alpha value is -3.13. The molecule has 8 heteroatoms. The average molecular weight is 354 g/mol. The van der Waals surface area contributed by atoms with Crippen LogP contribution in [0.4, 0.5) is 0 Å². The summed E-state index contributed by atoms with van der Waals surface area (Å²) < 4.78 is 12.7. The fourth-order valence-electron chi connectivity index (χ4n) is 2.29. The largest absolute Gasteiger partial charge is 0.426 e. The van der Waals surface area contributed by atoms with Crippen LogP contribution in [-0.2, 0) is 6.54 Å². The molecule has 0 radical (unpaired) electrons. The Labute approximate surface area is 146 Å². The van der Waals surface area contributed by atoms with Gasteiger partial charge in [-0.2, -0.15) is 5.10 Å². The van der Waals surface area contributed by atoms with E-state index in [9.17, 15) is 4.79 Å². The van der Waals surface area contributed by atoms with Gasteiger partial charge in [-0.3, -0.25) is 4.79 Å². The second-order valence-corrected chi connectivity index (χ2v) is 6.46. The molecule has 0 bridgehead atoms. The quantitative estimate of drug-likeness (QED) is 0.594. The minimum atomic E-state index is -0.330. The van der Waals surface area contributed by atoms with E-state index in [2.05, 4.69) is 15.4 Å². The van der Waals surface area contributed by atoms with Crippen molar-refractivity contribution in [2.24, 2.45) is 0 Å². The van der Waals surface area contributed by atoms with E-state index in [-0.39, 0.29) is 17.6 Å². The molecule has 3 aromatic heterocycles. The first-order valence-electron chi connectivity index (χ1n) is 7.60. The van der Waals surface area contributed by atoms with Gasteiger partial charge >= 0.3 is 0 Å². The number of fused-ring (bicyclic) bond motifs is 1.